The minimum absolute atomic E-state index is 0.00966. The molecule has 11 atom stereocenters. The fourth-order valence-electron chi connectivity index (χ4n) is 9.87. The summed E-state index contributed by atoms with van der Waals surface area (Å²) in [6.45, 7) is 3.53. The summed E-state index contributed by atoms with van der Waals surface area (Å²) in [5, 5.41) is 48.4. The number of aliphatic hydroxyl groups excluding tert-OH is 4. The topological polar surface area (TPSA) is 132 Å². The molecule has 1 aromatic carbocycles. The molecule has 3 aliphatic heterocycles. The van der Waals surface area contributed by atoms with Crippen molar-refractivity contribution in [2.24, 2.45) is 17.1 Å². The number of hydrogen-bond acceptors (Lipinski definition) is 8. The van der Waals surface area contributed by atoms with E-state index in [4.69, 9.17) is 10.5 Å². The largest absolute Gasteiger partial charge is 0.392 e. The van der Waals surface area contributed by atoms with Crippen molar-refractivity contribution in [1.29, 1.82) is 0 Å². The minimum atomic E-state index is -1.12. The van der Waals surface area contributed by atoms with E-state index in [1.165, 1.54) is 0 Å². The van der Waals surface area contributed by atoms with E-state index >= 15 is 0 Å². The molecule has 4 unspecified atom stereocenters. The Labute approximate surface area is 234 Å². The molecule has 212 valence electrons. The third kappa shape index (κ3) is 3.13. The highest BCUT2D eigenvalue weighted by Gasteiger charge is 2.72. The van der Waals surface area contributed by atoms with Crippen LogP contribution in [0.5, 0.6) is 0 Å². The lowest BCUT2D eigenvalue weighted by Gasteiger charge is -2.57. The summed E-state index contributed by atoms with van der Waals surface area (Å²) in [6, 6.07) is 7.78. The van der Waals surface area contributed by atoms with Gasteiger partial charge in [0.05, 0.1) is 17.7 Å². The second-order valence-electron chi connectivity index (χ2n) is 13.6. The molecular formula is C32H39N3O5. The molecule has 0 radical (unpaired) electrons. The number of likely N-dealkylation sites (tertiary alicyclic amines) is 1. The Morgan fingerprint density at radius 1 is 1.07 bits per heavy atom. The van der Waals surface area contributed by atoms with Gasteiger partial charge in [0.15, 0.2) is 0 Å². The summed E-state index contributed by atoms with van der Waals surface area (Å²) < 4.78 is 7.17. The highest BCUT2D eigenvalue weighted by molar-refractivity contribution is 5.82. The molecule has 6 aliphatic rings. The smallest absolute Gasteiger partial charge is 0.121 e. The average molecular weight is 546 g/mol. The number of aromatic nitrogens is 1. The number of nitrogens with two attached hydrogens (primary N) is 1. The Kier molecular flexibility index (Phi) is 5.39. The number of hydrogen-bond donors (Lipinski definition) is 5. The molecule has 2 saturated heterocycles. The molecule has 2 aromatic rings. The maximum Gasteiger partial charge on any atom is 0.121 e. The summed E-state index contributed by atoms with van der Waals surface area (Å²) in [6.07, 6.45) is 7.59. The lowest BCUT2D eigenvalue weighted by Crippen LogP contribution is -2.70. The summed E-state index contributed by atoms with van der Waals surface area (Å²) in [7, 11) is 0. The van der Waals surface area contributed by atoms with Crippen LogP contribution in [0.3, 0.4) is 0 Å². The van der Waals surface area contributed by atoms with Gasteiger partial charge in [-0.25, -0.2) is 0 Å². The van der Waals surface area contributed by atoms with E-state index in [-0.39, 0.29) is 23.3 Å². The van der Waals surface area contributed by atoms with Gasteiger partial charge < -0.3 is 30.9 Å². The monoisotopic (exact) mass is 545 g/mol. The minimum Gasteiger partial charge on any atom is -0.392 e. The number of aliphatic hydroxyl groups is 4. The maximum absolute atomic E-state index is 12.0. The van der Waals surface area contributed by atoms with Gasteiger partial charge in [0, 0.05) is 48.7 Å². The number of pyridine rings is 1. The van der Waals surface area contributed by atoms with Crippen LogP contribution in [-0.4, -0.2) is 91.1 Å². The number of fused-ring (bicyclic) bond motifs is 2. The summed E-state index contributed by atoms with van der Waals surface area (Å²) in [5.74, 6) is -0.0287. The van der Waals surface area contributed by atoms with Gasteiger partial charge in [-0.2, -0.15) is 0 Å². The third-order valence-electron chi connectivity index (χ3n) is 11.7. The number of ether oxygens (including phenoxy) is 1. The zero-order chi connectivity index (χ0) is 27.6. The molecule has 8 rings (SSSR count). The van der Waals surface area contributed by atoms with Crippen LogP contribution in [-0.2, 0) is 4.74 Å². The predicted molar refractivity (Wildman–Crippen MR) is 149 cm³/mol. The molecule has 6 N–H and O–H groups in total. The molecule has 8 heteroatoms. The van der Waals surface area contributed by atoms with Crippen LogP contribution in [0.25, 0.3) is 10.8 Å². The Morgan fingerprint density at radius 2 is 1.90 bits per heavy atom. The van der Waals surface area contributed by atoms with Crippen molar-refractivity contribution in [1.82, 2.24) is 9.88 Å². The molecular weight excluding hydrogens is 506 g/mol. The van der Waals surface area contributed by atoms with E-state index in [0.29, 0.717) is 37.9 Å². The number of allylic oxidation sites excluding steroid dienone is 1. The van der Waals surface area contributed by atoms with Gasteiger partial charge in [-0.1, -0.05) is 31.2 Å². The Hall–Kier alpha value is -2.17. The first kappa shape index (κ1) is 25.5. The SMILES string of the molecule is C[C@]12CC=C3C=C4C(O)C(O)[C@@H](N5CC[C@@H](N)C5)C(O)[C@]45CCC3(O5)[C@@H]1C[C@@H](O)[C@@H]2c1ccc2ccncc2c1. The molecule has 3 aliphatic carbocycles. The molecule has 4 fully saturated rings. The highest BCUT2D eigenvalue weighted by Crippen LogP contribution is 2.69. The Morgan fingerprint density at radius 3 is 2.70 bits per heavy atom. The molecule has 2 saturated carbocycles. The third-order valence-corrected chi connectivity index (χ3v) is 11.7. The van der Waals surface area contributed by atoms with Crippen molar-refractivity contribution in [3.8, 4) is 0 Å². The van der Waals surface area contributed by atoms with Crippen molar-refractivity contribution >= 4 is 10.8 Å². The number of benzene rings is 1. The van der Waals surface area contributed by atoms with E-state index < -0.39 is 41.7 Å². The van der Waals surface area contributed by atoms with E-state index in [1.54, 1.807) is 6.20 Å². The molecule has 1 aromatic heterocycles. The van der Waals surface area contributed by atoms with E-state index in [9.17, 15) is 20.4 Å². The van der Waals surface area contributed by atoms with E-state index in [1.807, 2.05) is 23.2 Å². The summed E-state index contributed by atoms with van der Waals surface area (Å²) in [4.78, 5) is 6.34. The van der Waals surface area contributed by atoms with Crippen LogP contribution in [0.15, 0.2) is 60.0 Å². The highest BCUT2D eigenvalue weighted by atomic mass is 16.5. The molecule has 8 nitrogen and oxygen atoms in total. The first-order valence-electron chi connectivity index (χ1n) is 14.9. The Bertz CT molecular complexity index is 1440. The standard InChI is InChI=1S/C32H39N3O5/c1-30-7-4-20-13-22-27(37)28(38)26(35-11-6-21(33)16-35)29(39)32(22)9-8-31(20,40-32)24(30)14-23(36)25(30)18-3-2-17-5-10-34-15-19(17)12-18/h2-5,10,12-13,15,21,23-29,36-39H,6-9,11,14,16,33H2,1H3/t21-,23-,24-,25+,26-,27?,28?,29?,30+,31?,32+/m1/s1. The van der Waals surface area contributed by atoms with Gasteiger partial charge in [-0.3, -0.25) is 9.88 Å². The van der Waals surface area contributed by atoms with Gasteiger partial charge in [0.25, 0.3) is 0 Å². The van der Waals surface area contributed by atoms with Crippen molar-refractivity contribution in [2.45, 2.75) is 92.6 Å². The van der Waals surface area contributed by atoms with Gasteiger partial charge in [0.1, 0.15) is 23.9 Å². The molecule has 0 amide bonds. The van der Waals surface area contributed by atoms with Gasteiger partial charge in [-0.15, -0.1) is 0 Å². The van der Waals surface area contributed by atoms with Gasteiger partial charge in [0.2, 0.25) is 0 Å². The van der Waals surface area contributed by atoms with Gasteiger partial charge >= 0.3 is 0 Å². The average Bonchev–Trinajstić information content (AvgIpc) is 3.60. The zero-order valence-corrected chi connectivity index (χ0v) is 22.9. The van der Waals surface area contributed by atoms with Crippen LogP contribution in [0, 0.1) is 11.3 Å². The predicted octanol–water partition coefficient (Wildman–Crippen LogP) is 1.76. The maximum atomic E-state index is 12.0. The van der Waals surface area contributed by atoms with Crippen molar-refractivity contribution in [2.75, 3.05) is 13.1 Å². The Balaban J connectivity index is 1.20. The lowest BCUT2D eigenvalue weighted by molar-refractivity contribution is -0.215. The first-order valence-corrected chi connectivity index (χ1v) is 14.9. The normalized spacial score (nSPS) is 48.0. The van der Waals surface area contributed by atoms with Crippen LogP contribution in [0.4, 0.5) is 0 Å². The first-order chi connectivity index (χ1) is 19.2. The molecule has 2 bridgehead atoms. The molecule has 40 heavy (non-hydrogen) atoms. The van der Waals surface area contributed by atoms with E-state index in [2.05, 4.69) is 36.2 Å². The quantitative estimate of drug-likeness (QED) is 0.386. The second-order valence-corrected chi connectivity index (χ2v) is 13.6. The second kappa shape index (κ2) is 8.44. The molecule has 4 heterocycles. The van der Waals surface area contributed by atoms with Crippen LogP contribution >= 0.6 is 0 Å². The number of nitrogens with zero attached hydrogens (tertiary/aromatic N) is 2. The van der Waals surface area contributed by atoms with Gasteiger partial charge in [-0.05, 0) is 71.7 Å². The fourth-order valence-corrected chi connectivity index (χ4v) is 9.87. The van der Waals surface area contributed by atoms with E-state index in [0.717, 1.165) is 34.8 Å². The summed E-state index contributed by atoms with van der Waals surface area (Å²) >= 11 is 0. The van der Waals surface area contributed by atoms with Crippen LogP contribution < -0.4 is 5.73 Å². The lowest BCUT2D eigenvalue weighted by atomic mass is 9.58. The number of rotatable bonds is 2. The summed E-state index contributed by atoms with van der Waals surface area (Å²) in [5.41, 5.74) is 6.94. The van der Waals surface area contributed by atoms with Crippen LogP contribution in [0.1, 0.15) is 50.5 Å². The van der Waals surface area contributed by atoms with Crippen molar-refractivity contribution in [3.05, 3.63) is 65.5 Å². The molecule has 2 spiro atoms. The van der Waals surface area contributed by atoms with Crippen molar-refractivity contribution in [3.63, 3.8) is 0 Å². The fraction of sp³-hybridized carbons (Fsp3) is 0.594. The zero-order valence-electron chi connectivity index (χ0n) is 22.9. The van der Waals surface area contributed by atoms with Crippen LogP contribution in [0.2, 0.25) is 0 Å². The van der Waals surface area contributed by atoms with Crippen molar-refractivity contribution < 1.29 is 25.2 Å².